The molecule has 2 heteroatoms. The Bertz CT molecular complexity index is 510. The molecule has 2 nitrogen and oxygen atoms in total. The summed E-state index contributed by atoms with van der Waals surface area (Å²) < 4.78 is 0. The molecule has 1 aromatic heterocycles. The molecule has 78 valence electrons. The highest BCUT2D eigenvalue weighted by molar-refractivity contribution is 5.84. The van der Waals surface area contributed by atoms with Crippen molar-refractivity contribution in [2.24, 2.45) is 11.1 Å². The summed E-state index contributed by atoms with van der Waals surface area (Å²) in [6.45, 7) is 4.49. The van der Waals surface area contributed by atoms with E-state index >= 15 is 0 Å². The van der Waals surface area contributed by atoms with E-state index in [0.717, 1.165) is 0 Å². The minimum Gasteiger partial charge on any atom is -0.361 e. The first-order chi connectivity index (χ1) is 7.12. The fourth-order valence-electron chi connectivity index (χ4n) is 2.65. The average Bonchev–Trinajstić information content (AvgIpc) is 2.63. The lowest BCUT2D eigenvalue weighted by atomic mass is 10.00. The highest BCUT2D eigenvalue weighted by Gasteiger charge is 2.56. The van der Waals surface area contributed by atoms with Gasteiger partial charge >= 0.3 is 0 Å². The average molecular weight is 200 g/mol. The van der Waals surface area contributed by atoms with Gasteiger partial charge in [-0.15, -0.1) is 0 Å². The van der Waals surface area contributed by atoms with E-state index in [1.54, 1.807) is 0 Å². The Morgan fingerprint density at radius 2 is 2.00 bits per heavy atom. The van der Waals surface area contributed by atoms with Gasteiger partial charge in [-0.2, -0.15) is 0 Å². The number of hydrogen-bond acceptors (Lipinski definition) is 1. The van der Waals surface area contributed by atoms with E-state index in [0.29, 0.717) is 12.0 Å². The van der Waals surface area contributed by atoms with Gasteiger partial charge in [0.1, 0.15) is 0 Å². The van der Waals surface area contributed by atoms with E-state index in [1.165, 1.54) is 16.5 Å². The molecular weight excluding hydrogens is 184 g/mol. The Kier molecular flexibility index (Phi) is 1.58. The third-order valence-corrected chi connectivity index (χ3v) is 3.87. The second-order valence-electron chi connectivity index (χ2n) is 5.11. The van der Waals surface area contributed by atoms with Crippen LogP contribution in [0.1, 0.15) is 25.3 Å². The van der Waals surface area contributed by atoms with Crippen molar-refractivity contribution < 1.29 is 0 Å². The molecule has 2 atom stereocenters. The second kappa shape index (κ2) is 2.64. The van der Waals surface area contributed by atoms with Gasteiger partial charge in [0.15, 0.2) is 0 Å². The number of rotatable bonds is 1. The molecule has 1 heterocycles. The Hall–Kier alpha value is -1.28. The maximum absolute atomic E-state index is 6.13. The van der Waals surface area contributed by atoms with Crippen molar-refractivity contribution in [3.63, 3.8) is 0 Å². The van der Waals surface area contributed by atoms with Crippen molar-refractivity contribution >= 4 is 10.9 Å². The summed E-state index contributed by atoms with van der Waals surface area (Å²) in [5.41, 5.74) is 8.99. The number of fused-ring (bicyclic) bond motifs is 1. The van der Waals surface area contributed by atoms with Crippen molar-refractivity contribution in [1.29, 1.82) is 0 Å². The molecule has 1 aliphatic rings. The first-order valence-electron chi connectivity index (χ1n) is 5.44. The van der Waals surface area contributed by atoms with Gasteiger partial charge in [-0.1, -0.05) is 26.0 Å². The lowest BCUT2D eigenvalue weighted by Gasteiger charge is -2.04. The van der Waals surface area contributed by atoms with E-state index in [4.69, 9.17) is 5.73 Å². The second-order valence-corrected chi connectivity index (χ2v) is 5.11. The number of benzene rings is 1. The molecule has 0 unspecified atom stereocenters. The van der Waals surface area contributed by atoms with E-state index in [-0.39, 0.29) is 5.41 Å². The standard InChI is InChI=1S/C13H16N2/c1-13(2)11(12(13)14)9-4-3-5-10-8(9)6-7-15-10/h3-7,11-12,15H,14H2,1-2H3/t11-,12-/m0/s1. The molecular formula is C13H16N2. The molecule has 0 radical (unpaired) electrons. The zero-order chi connectivity index (χ0) is 10.6. The minimum atomic E-state index is 0.256. The van der Waals surface area contributed by atoms with Gasteiger partial charge in [-0.25, -0.2) is 0 Å². The third kappa shape index (κ3) is 1.08. The highest BCUT2D eigenvalue weighted by Crippen LogP contribution is 2.58. The Labute approximate surface area is 89.5 Å². The number of hydrogen-bond donors (Lipinski definition) is 2. The van der Waals surface area contributed by atoms with Gasteiger partial charge in [0.2, 0.25) is 0 Å². The molecule has 0 aliphatic heterocycles. The van der Waals surface area contributed by atoms with Gasteiger partial charge in [0.05, 0.1) is 0 Å². The van der Waals surface area contributed by atoms with Gasteiger partial charge in [-0.05, 0) is 23.1 Å². The summed E-state index contributed by atoms with van der Waals surface area (Å²) in [6.07, 6.45) is 2.00. The predicted octanol–water partition coefficient (Wildman–Crippen LogP) is 2.62. The summed E-state index contributed by atoms with van der Waals surface area (Å²) in [7, 11) is 0. The van der Waals surface area contributed by atoms with Crippen molar-refractivity contribution in [1.82, 2.24) is 4.98 Å². The van der Waals surface area contributed by atoms with Gasteiger partial charge < -0.3 is 10.7 Å². The number of nitrogens with two attached hydrogens (primary N) is 1. The molecule has 3 rings (SSSR count). The third-order valence-electron chi connectivity index (χ3n) is 3.87. The monoisotopic (exact) mass is 200 g/mol. The van der Waals surface area contributed by atoms with Crippen molar-refractivity contribution in [3.8, 4) is 0 Å². The number of nitrogens with one attached hydrogen (secondary N) is 1. The van der Waals surface area contributed by atoms with Crippen LogP contribution < -0.4 is 5.73 Å². The maximum Gasteiger partial charge on any atom is 0.0456 e. The van der Waals surface area contributed by atoms with Crippen LogP contribution in [0.4, 0.5) is 0 Å². The van der Waals surface area contributed by atoms with Crippen LogP contribution in [-0.2, 0) is 0 Å². The van der Waals surface area contributed by atoms with Crippen LogP contribution in [0.5, 0.6) is 0 Å². The van der Waals surface area contributed by atoms with Gasteiger partial charge in [0.25, 0.3) is 0 Å². The lowest BCUT2D eigenvalue weighted by molar-refractivity contribution is 0.600. The van der Waals surface area contributed by atoms with Crippen molar-refractivity contribution in [3.05, 3.63) is 36.0 Å². The Morgan fingerprint density at radius 1 is 1.27 bits per heavy atom. The molecule has 15 heavy (non-hydrogen) atoms. The normalized spacial score (nSPS) is 28.2. The summed E-state index contributed by atoms with van der Waals surface area (Å²) >= 11 is 0. The fraction of sp³-hybridized carbons (Fsp3) is 0.385. The van der Waals surface area contributed by atoms with Crippen molar-refractivity contribution in [2.45, 2.75) is 25.8 Å². The van der Waals surface area contributed by atoms with Crippen LogP contribution in [0.25, 0.3) is 10.9 Å². The summed E-state index contributed by atoms with van der Waals surface area (Å²) in [4.78, 5) is 3.24. The molecule has 3 N–H and O–H groups in total. The molecule has 0 saturated heterocycles. The van der Waals surface area contributed by atoms with Crippen molar-refractivity contribution in [2.75, 3.05) is 0 Å². The fourth-order valence-corrected chi connectivity index (χ4v) is 2.65. The molecule has 1 aromatic carbocycles. The molecule has 1 fully saturated rings. The zero-order valence-corrected chi connectivity index (χ0v) is 9.12. The van der Waals surface area contributed by atoms with Gasteiger partial charge in [0, 0.05) is 29.1 Å². The number of aromatic amines is 1. The number of H-pyrrole nitrogens is 1. The Morgan fingerprint density at radius 3 is 2.67 bits per heavy atom. The largest absolute Gasteiger partial charge is 0.361 e. The maximum atomic E-state index is 6.13. The van der Waals surface area contributed by atoms with E-state index in [1.807, 2.05) is 6.20 Å². The van der Waals surface area contributed by atoms with Gasteiger partial charge in [-0.3, -0.25) is 0 Å². The van der Waals surface area contributed by atoms with Crippen LogP contribution in [0, 0.1) is 5.41 Å². The van der Waals surface area contributed by atoms with Crippen LogP contribution in [0.3, 0.4) is 0 Å². The Balaban J connectivity index is 2.17. The first-order valence-corrected chi connectivity index (χ1v) is 5.44. The minimum absolute atomic E-state index is 0.256. The molecule has 0 amide bonds. The smallest absolute Gasteiger partial charge is 0.0456 e. The predicted molar refractivity (Wildman–Crippen MR) is 62.8 cm³/mol. The first kappa shape index (κ1) is 8.98. The van der Waals surface area contributed by atoms with Crippen LogP contribution in [-0.4, -0.2) is 11.0 Å². The van der Waals surface area contributed by atoms with E-state index in [9.17, 15) is 0 Å². The topological polar surface area (TPSA) is 41.8 Å². The highest BCUT2D eigenvalue weighted by atomic mass is 14.8. The molecule has 1 aliphatic carbocycles. The van der Waals surface area contributed by atoms with E-state index in [2.05, 4.69) is 43.1 Å². The molecule has 1 saturated carbocycles. The quantitative estimate of drug-likeness (QED) is 0.730. The summed E-state index contributed by atoms with van der Waals surface area (Å²) in [6, 6.07) is 8.87. The molecule has 2 aromatic rings. The molecule has 0 spiro atoms. The zero-order valence-electron chi connectivity index (χ0n) is 9.12. The number of aromatic nitrogens is 1. The lowest BCUT2D eigenvalue weighted by Crippen LogP contribution is -2.06. The SMILES string of the molecule is CC1(C)[C@@H](N)[C@@H]1c1cccc2[nH]ccc12. The van der Waals surface area contributed by atoms with Crippen LogP contribution in [0.2, 0.25) is 0 Å². The molecule has 0 bridgehead atoms. The van der Waals surface area contributed by atoms with Crippen LogP contribution in [0.15, 0.2) is 30.5 Å². The van der Waals surface area contributed by atoms with Crippen LogP contribution >= 0.6 is 0 Å². The summed E-state index contributed by atoms with van der Waals surface area (Å²) in [5.74, 6) is 0.511. The summed E-state index contributed by atoms with van der Waals surface area (Å²) in [5, 5.41) is 1.32. The van der Waals surface area contributed by atoms with E-state index < -0.39 is 0 Å².